The van der Waals surface area contributed by atoms with Crippen LogP contribution in [0, 0.1) is 11.2 Å². The lowest BCUT2D eigenvalue weighted by molar-refractivity contribution is -0.114. The number of hydrogen-bond acceptors (Lipinski definition) is 3. The molecule has 7 heteroatoms. The largest absolute Gasteiger partial charge is 0.351 e. The number of carbonyl (C=O) groups is 2. The zero-order chi connectivity index (χ0) is 16.2. The number of nitrogens with one attached hydrogen (secondary N) is 3. The molecule has 1 aromatic rings. The standard InChI is InChI=1S/C16H22FN3O2.ClH/c1-11(21)20-12-3-4-14(17)13(9-12)15(22)19-10-16(2)5-7-18-8-6-16;/h3-4,9,18H,5-8,10H2,1-2H3,(H,19,22)(H,20,21);1H. The Labute approximate surface area is 141 Å². The van der Waals surface area contributed by atoms with Crippen LogP contribution in [0.2, 0.25) is 0 Å². The summed E-state index contributed by atoms with van der Waals surface area (Å²) >= 11 is 0. The highest BCUT2D eigenvalue weighted by molar-refractivity contribution is 5.97. The van der Waals surface area contributed by atoms with E-state index >= 15 is 0 Å². The molecule has 2 rings (SSSR count). The van der Waals surface area contributed by atoms with Gasteiger partial charge in [-0.1, -0.05) is 6.92 Å². The number of halogens is 2. The van der Waals surface area contributed by atoms with Crippen LogP contribution in [0.25, 0.3) is 0 Å². The normalized spacial score (nSPS) is 16.1. The van der Waals surface area contributed by atoms with E-state index in [-0.39, 0.29) is 29.3 Å². The molecule has 1 heterocycles. The summed E-state index contributed by atoms with van der Waals surface area (Å²) in [5.41, 5.74) is 0.392. The highest BCUT2D eigenvalue weighted by Crippen LogP contribution is 2.27. The number of benzene rings is 1. The van der Waals surface area contributed by atoms with E-state index in [2.05, 4.69) is 22.9 Å². The Bertz CT molecular complexity index is 574. The molecule has 1 aliphatic heterocycles. The van der Waals surface area contributed by atoms with Gasteiger partial charge in [0.1, 0.15) is 5.82 Å². The molecule has 23 heavy (non-hydrogen) atoms. The van der Waals surface area contributed by atoms with Gasteiger partial charge in [0, 0.05) is 19.2 Å². The molecule has 0 aromatic heterocycles. The van der Waals surface area contributed by atoms with E-state index in [1.807, 2.05) is 0 Å². The molecule has 1 aliphatic rings. The van der Waals surface area contributed by atoms with Crippen molar-refractivity contribution < 1.29 is 14.0 Å². The van der Waals surface area contributed by atoms with Gasteiger partial charge in [-0.25, -0.2) is 4.39 Å². The van der Waals surface area contributed by atoms with Crippen molar-refractivity contribution in [2.24, 2.45) is 5.41 Å². The molecule has 0 spiro atoms. The molecule has 5 nitrogen and oxygen atoms in total. The van der Waals surface area contributed by atoms with E-state index in [9.17, 15) is 14.0 Å². The molecule has 3 N–H and O–H groups in total. The minimum Gasteiger partial charge on any atom is -0.351 e. The van der Waals surface area contributed by atoms with Crippen LogP contribution in [-0.4, -0.2) is 31.4 Å². The van der Waals surface area contributed by atoms with Crippen molar-refractivity contribution >= 4 is 29.9 Å². The van der Waals surface area contributed by atoms with Crippen LogP contribution in [0.3, 0.4) is 0 Å². The van der Waals surface area contributed by atoms with Gasteiger partial charge in [0.15, 0.2) is 0 Å². The van der Waals surface area contributed by atoms with Crippen LogP contribution in [0.4, 0.5) is 10.1 Å². The van der Waals surface area contributed by atoms with Crippen molar-refractivity contribution in [3.63, 3.8) is 0 Å². The zero-order valence-electron chi connectivity index (χ0n) is 13.4. The Morgan fingerprint density at radius 1 is 1.30 bits per heavy atom. The number of hydrogen-bond donors (Lipinski definition) is 3. The first-order chi connectivity index (χ1) is 10.4. The Kier molecular flexibility index (Phi) is 6.97. The average molecular weight is 344 g/mol. The molecule has 0 aliphatic carbocycles. The minimum atomic E-state index is -0.595. The summed E-state index contributed by atoms with van der Waals surface area (Å²) in [5.74, 6) is -1.31. The highest BCUT2D eigenvalue weighted by Gasteiger charge is 2.27. The van der Waals surface area contributed by atoms with Crippen LogP contribution in [0.15, 0.2) is 18.2 Å². The molecule has 0 unspecified atom stereocenters. The number of anilines is 1. The quantitative estimate of drug-likeness (QED) is 0.785. The molecule has 2 amide bonds. The molecule has 128 valence electrons. The number of rotatable bonds is 4. The Morgan fingerprint density at radius 3 is 2.57 bits per heavy atom. The fourth-order valence-corrected chi connectivity index (χ4v) is 2.58. The summed E-state index contributed by atoms with van der Waals surface area (Å²) in [6.45, 7) is 5.86. The molecule has 0 atom stereocenters. The van der Waals surface area contributed by atoms with Crippen LogP contribution < -0.4 is 16.0 Å². The molecule has 1 fully saturated rings. The van der Waals surface area contributed by atoms with E-state index in [4.69, 9.17) is 0 Å². The van der Waals surface area contributed by atoms with Gasteiger partial charge in [-0.2, -0.15) is 0 Å². The van der Waals surface area contributed by atoms with Crippen LogP contribution in [-0.2, 0) is 4.79 Å². The van der Waals surface area contributed by atoms with Crippen molar-refractivity contribution in [2.75, 3.05) is 25.0 Å². The maximum atomic E-state index is 13.8. The van der Waals surface area contributed by atoms with E-state index < -0.39 is 11.7 Å². The first kappa shape index (κ1) is 19.4. The maximum absolute atomic E-state index is 13.8. The predicted molar refractivity (Wildman–Crippen MR) is 90.5 cm³/mol. The average Bonchev–Trinajstić information content (AvgIpc) is 2.47. The van der Waals surface area contributed by atoms with Gasteiger partial charge >= 0.3 is 0 Å². The van der Waals surface area contributed by atoms with Gasteiger partial charge in [-0.15, -0.1) is 12.4 Å². The third-order valence-electron chi connectivity index (χ3n) is 4.02. The van der Waals surface area contributed by atoms with E-state index in [1.54, 1.807) is 0 Å². The maximum Gasteiger partial charge on any atom is 0.254 e. The van der Waals surface area contributed by atoms with Crippen LogP contribution in [0.5, 0.6) is 0 Å². The molecule has 0 bridgehead atoms. The van der Waals surface area contributed by atoms with Crippen molar-refractivity contribution in [1.29, 1.82) is 0 Å². The number of carbonyl (C=O) groups excluding carboxylic acids is 2. The van der Waals surface area contributed by atoms with E-state index in [1.165, 1.54) is 25.1 Å². The molecule has 0 radical (unpaired) electrons. The van der Waals surface area contributed by atoms with Gasteiger partial charge in [-0.05, 0) is 49.5 Å². The lowest BCUT2D eigenvalue weighted by Crippen LogP contribution is -2.43. The summed E-state index contributed by atoms with van der Waals surface area (Å²) in [5, 5.41) is 8.64. The lowest BCUT2D eigenvalue weighted by Gasteiger charge is -2.34. The van der Waals surface area contributed by atoms with Gasteiger partial charge < -0.3 is 16.0 Å². The monoisotopic (exact) mass is 343 g/mol. The third kappa shape index (κ3) is 5.48. The Morgan fingerprint density at radius 2 is 1.96 bits per heavy atom. The van der Waals surface area contributed by atoms with E-state index in [0.717, 1.165) is 25.9 Å². The summed E-state index contributed by atoms with van der Waals surface area (Å²) in [6, 6.07) is 3.98. The van der Waals surface area contributed by atoms with Crippen molar-refractivity contribution in [2.45, 2.75) is 26.7 Å². The molecular formula is C16H23ClFN3O2. The van der Waals surface area contributed by atoms with Crippen LogP contribution in [0.1, 0.15) is 37.0 Å². The molecule has 1 aromatic carbocycles. The van der Waals surface area contributed by atoms with Gasteiger partial charge in [0.2, 0.25) is 5.91 Å². The molecule has 1 saturated heterocycles. The fraction of sp³-hybridized carbons (Fsp3) is 0.500. The first-order valence-corrected chi connectivity index (χ1v) is 7.46. The second-order valence-electron chi connectivity index (χ2n) is 6.12. The highest BCUT2D eigenvalue weighted by atomic mass is 35.5. The van der Waals surface area contributed by atoms with Crippen LogP contribution >= 0.6 is 12.4 Å². The number of amides is 2. The lowest BCUT2D eigenvalue weighted by atomic mass is 9.81. The van der Waals surface area contributed by atoms with Gasteiger partial charge in [0.25, 0.3) is 5.91 Å². The fourth-order valence-electron chi connectivity index (χ4n) is 2.58. The topological polar surface area (TPSA) is 70.2 Å². The summed E-state index contributed by atoms with van der Waals surface area (Å²) in [7, 11) is 0. The summed E-state index contributed by atoms with van der Waals surface area (Å²) in [4.78, 5) is 23.3. The SMILES string of the molecule is CC(=O)Nc1ccc(F)c(C(=O)NCC2(C)CCNCC2)c1.Cl. The molecular weight excluding hydrogens is 321 g/mol. The first-order valence-electron chi connectivity index (χ1n) is 7.46. The van der Waals surface area contributed by atoms with Gasteiger partial charge in [-0.3, -0.25) is 9.59 Å². The van der Waals surface area contributed by atoms with Crippen molar-refractivity contribution in [3.8, 4) is 0 Å². The Hall–Kier alpha value is -1.66. The summed E-state index contributed by atoms with van der Waals surface area (Å²) in [6.07, 6.45) is 1.95. The minimum absolute atomic E-state index is 0. The second-order valence-corrected chi connectivity index (χ2v) is 6.12. The van der Waals surface area contributed by atoms with Crippen molar-refractivity contribution in [1.82, 2.24) is 10.6 Å². The van der Waals surface area contributed by atoms with Gasteiger partial charge in [0.05, 0.1) is 5.56 Å². The van der Waals surface area contributed by atoms with Crippen molar-refractivity contribution in [3.05, 3.63) is 29.6 Å². The van der Waals surface area contributed by atoms with E-state index in [0.29, 0.717) is 12.2 Å². The Balaban J connectivity index is 0.00000264. The third-order valence-corrected chi connectivity index (χ3v) is 4.02. The predicted octanol–water partition coefficient (Wildman–Crippen LogP) is 2.33. The number of piperidine rings is 1. The summed E-state index contributed by atoms with van der Waals surface area (Å²) < 4.78 is 13.8. The smallest absolute Gasteiger partial charge is 0.254 e. The second kappa shape index (κ2) is 8.26. The zero-order valence-corrected chi connectivity index (χ0v) is 14.2. The molecule has 0 saturated carbocycles.